The molecule has 0 N–H and O–H groups in total. The molecule has 3 nitrogen and oxygen atoms in total. The van der Waals surface area contributed by atoms with Gasteiger partial charge in [0.05, 0.1) is 0 Å². The van der Waals surface area contributed by atoms with E-state index in [0.717, 1.165) is 11.1 Å². The van der Waals surface area contributed by atoms with Crippen molar-refractivity contribution in [2.24, 2.45) is 0 Å². The molecule has 3 rings (SSSR count). The predicted molar refractivity (Wildman–Crippen MR) is 60.1 cm³/mol. The Labute approximate surface area is 98.1 Å². The summed E-state index contributed by atoms with van der Waals surface area (Å²) in [6, 6.07) is 7.71. The molecule has 0 aromatic carbocycles. The van der Waals surface area contributed by atoms with Gasteiger partial charge in [-0.2, -0.15) is 0 Å². The lowest BCUT2D eigenvalue weighted by Crippen LogP contribution is -1.88. The van der Waals surface area contributed by atoms with Crippen LogP contribution < -0.4 is 0 Å². The average molecular weight is 233 g/mol. The van der Waals surface area contributed by atoms with E-state index in [1.54, 1.807) is 12.4 Å². The number of pyridine rings is 2. The summed E-state index contributed by atoms with van der Waals surface area (Å²) in [6.45, 7) is 0. The molecule has 0 radical (unpaired) electrons. The Morgan fingerprint density at radius 1 is 1.12 bits per heavy atom. The minimum atomic E-state index is 0.0189. The Bertz CT molecular complexity index is 503. The van der Waals surface area contributed by atoms with Crippen molar-refractivity contribution in [3.63, 3.8) is 0 Å². The number of nitrogens with zero attached hydrogens (tertiary/aromatic N) is 2. The first-order chi connectivity index (χ1) is 7.86. The molecule has 4 heteroatoms. The lowest BCUT2D eigenvalue weighted by molar-refractivity contribution is 0.377. The van der Waals surface area contributed by atoms with Gasteiger partial charge in [0.25, 0.3) is 0 Å². The van der Waals surface area contributed by atoms with Gasteiger partial charge in [0.15, 0.2) is 0 Å². The Kier molecular flexibility index (Phi) is 2.35. The normalized spacial score (nSPS) is 23.1. The van der Waals surface area contributed by atoms with Crippen LogP contribution in [0.1, 0.15) is 23.3 Å². The van der Waals surface area contributed by atoms with Crippen LogP contribution in [-0.4, -0.2) is 9.97 Å². The summed E-state index contributed by atoms with van der Waals surface area (Å²) in [4.78, 5) is 8.11. The van der Waals surface area contributed by atoms with Gasteiger partial charge in [-0.1, -0.05) is 23.7 Å². The molecule has 0 bridgehead atoms. The Balaban J connectivity index is 1.85. The number of ether oxygens (including phenoxy) is 1. The first-order valence-electron chi connectivity index (χ1n) is 5.02. The lowest BCUT2D eigenvalue weighted by Gasteiger charge is -1.98. The highest BCUT2D eigenvalue weighted by Crippen LogP contribution is 2.51. The van der Waals surface area contributed by atoms with Gasteiger partial charge < -0.3 is 4.74 Å². The summed E-state index contributed by atoms with van der Waals surface area (Å²) in [5.41, 5.74) is 2.02. The minimum Gasteiger partial charge on any atom is -0.359 e. The smallest absolute Gasteiger partial charge is 0.134 e. The van der Waals surface area contributed by atoms with Crippen LogP contribution in [0.15, 0.2) is 42.9 Å². The topological polar surface area (TPSA) is 38.3 Å². The molecule has 1 aliphatic heterocycles. The molecular formula is C12H9ClN2O. The van der Waals surface area contributed by atoms with Crippen LogP contribution in [0, 0.1) is 0 Å². The number of rotatable bonds is 2. The zero-order valence-electron chi connectivity index (χ0n) is 8.38. The fourth-order valence-corrected chi connectivity index (χ4v) is 1.98. The fraction of sp³-hybridized carbons (Fsp3) is 0.167. The zero-order chi connectivity index (χ0) is 11.0. The quantitative estimate of drug-likeness (QED) is 0.590. The van der Waals surface area contributed by atoms with Gasteiger partial charge in [0.2, 0.25) is 0 Å². The second kappa shape index (κ2) is 3.85. The maximum Gasteiger partial charge on any atom is 0.134 e. The lowest BCUT2D eigenvalue weighted by atomic mass is 10.1. The summed E-state index contributed by atoms with van der Waals surface area (Å²) in [5.74, 6) is 0. The van der Waals surface area contributed by atoms with Crippen molar-refractivity contribution < 1.29 is 4.74 Å². The monoisotopic (exact) mass is 232 g/mol. The van der Waals surface area contributed by atoms with E-state index in [1.165, 1.54) is 0 Å². The van der Waals surface area contributed by atoms with Gasteiger partial charge in [-0.05, 0) is 12.1 Å². The maximum atomic E-state index is 6.01. The summed E-state index contributed by atoms with van der Waals surface area (Å²) in [5, 5.41) is 0.513. The largest absolute Gasteiger partial charge is 0.359 e. The Hall–Kier alpha value is -1.45. The van der Waals surface area contributed by atoms with Crippen molar-refractivity contribution in [3.05, 3.63) is 59.1 Å². The molecule has 1 saturated heterocycles. The van der Waals surface area contributed by atoms with Crippen molar-refractivity contribution in [1.29, 1.82) is 0 Å². The van der Waals surface area contributed by atoms with E-state index in [9.17, 15) is 0 Å². The average Bonchev–Trinajstić information content (AvgIpc) is 3.11. The van der Waals surface area contributed by atoms with Crippen molar-refractivity contribution in [1.82, 2.24) is 9.97 Å². The molecule has 80 valence electrons. The SMILES string of the molecule is Clc1ncccc1C1OC1c1cccnc1. The van der Waals surface area contributed by atoms with Crippen molar-refractivity contribution in [2.75, 3.05) is 0 Å². The van der Waals surface area contributed by atoms with Crippen LogP contribution in [0.3, 0.4) is 0 Å². The van der Waals surface area contributed by atoms with Crippen molar-refractivity contribution >= 4 is 11.6 Å². The Morgan fingerprint density at radius 2 is 2.00 bits per heavy atom. The van der Waals surface area contributed by atoms with Crippen LogP contribution in [0.25, 0.3) is 0 Å². The van der Waals surface area contributed by atoms with Crippen molar-refractivity contribution in [3.8, 4) is 0 Å². The highest BCUT2D eigenvalue weighted by molar-refractivity contribution is 6.30. The van der Waals surface area contributed by atoms with E-state index < -0.39 is 0 Å². The maximum absolute atomic E-state index is 6.01. The van der Waals surface area contributed by atoms with Gasteiger partial charge in [-0.25, -0.2) is 4.98 Å². The number of hydrogen-bond acceptors (Lipinski definition) is 3. The van der Waals surface area contributed by atoms with E-state index in [4.69, 9.17) is 16.3 Å². The summed E-state index contributed by atoms with van der Waals surface area (Å²) in [7, 11) is 0. The summed E-state index contributed by atoms with van der Waals surface area (Å²) < 4.78 is 5.61. The molecule has 0 spiro atoms. The number of aromatic nitrogens is 2. The number of halogens is 1. The second-order valence-corrected chi connectivity index (χ2v) is 4.01. The predicted octanol–water partition coefficient (Wildman–Crippen LogP) is 2.94. The molecule has 2 aromatic heterocycles. The minimum absolute atomic E-state index is 0.0189. The number of epoxide rings is 1. The molecular weight excluding hydrogens is 224 g/mol. The van der Waals surface area contributed by atoms with Crippen LogP contribution >= 0.6 is 11.6 Å². The first-order valence-corrected chi connectivity index (χ1v) is 5.40. The summed E-state index contributed by atoms with van der Waals surface area (Å²) >= 11 is 6.01. The molecule has 1 aliphatic rings. The Morgan fingerprint density at radius 3 is 2.75 bits per heavy atom. The molecule has 0 amide bonds. The molecule has 2 aromatic rings. The third kappa shape index (κ3) is 1.68. The van der Waals surface area contributed by atoms with Crippen LogP contribution in [0.4, 0.5) is 0 Å². The number of hydrogen-bond donors (Lipinski definition) is 0. The molecule has 2 unspecified atom stereocenters. The van der Waals surface area contributed by atoms with E-state index in [1.807, 2.05) is 30.5 Å². The van der Waals surface area contributed by atoms with Crippen LogP contribution in [0.5, 0.6) is 0 Å². The van der Waals surface area contributed by atoms with Crippen LogP contribution in [-0.2, 0) is 4.74 Å². The molecule has 16 heavy (non-hydrogen) atoms. The standard InChI is InChI=1S/C12H9ClN2O/c13-12-9(4-2-6-15-12)11-10(16-11)8-3-1-5-14-7-8/h1-7,10-11H. The van der Waals surface area contributed by atoms with Crippen molar-refractivity contribution in [2.45, 2.75) is 12.2 Å². The molecule has 0 aliphatic carbocycles. The van der Waals surface area contributed by atoms with E-state index in [-0.39, 0.29) is 12.2 Å². The fourth-order valence-electron chi connectivity index (χ4n) is 1.76. The second-order valence-electron chi connectivity index (χ2n) is 3.65. The van der Waals surface area contributed by atoms with Crippen LogP contribution in [0.2, 0.25) is 5.15 Å². The summed E-state index contributed by atoms with van der Waals surface area (Å²) in [6.07, 6.45) is 5.32. The van der Waals surface area contributed by atoms with Gasteiger partial charge >= 0.3 is 0 Å². The van der Waals surface area contributed by atoms with E-state index >= 15 is 0 Å². The van der Waals surface area contributed by atoms with Gasteiger partial charge in [-0.3, -0.25) is 4.98 Å². The van der Waals surface area contributed by atoms with Gasteiger partial charge in [0.1, 0.15) is 17.4 Å². The van der Waals surface area contributed by atoms with Gasteiger partial charge in [-0.15, -0.1) is 0 Å². The molecule has 2 atom stereocenters. The highest BCUT2D eigenvalue weighted by Gasteiger charge is 2.42. The van der Waals surface area contributed by atoms with E-state index in [0.29, 0.717) is 5.15 Å². The zero-order valence-corrected chi connectivity index (χ0v) is 9.13. The third-order valence-electron chi connectivity index (χ3n) is 2.60. The molecule has 1 fully saturated rings. The molecule has 3 heterocycles. The van der Waals surface area contributed by atoms with Gasteiger partial charge in [0, 0.05) is 29.7 Å². The van der Waals surface area contributed by atoms with E-state index in [2.05, 4.69) is 9.97 Å². The first kappa shape index (κ1) is 9.75. The highest BCUT2D eigenvalue weighted by atomic mass is 35.5. The third-order valence-corrected chi connectivity index (χ3v) is 2.91. The molecule has 0 saturated carbocycles.